The van der Waals surface area contributed by atoms with Crippen molar-refractivity contribution in [1.29, 1.82) is 0 Å². The third-order valence-corrected chi connectivity index (χ3v) is 3.93. The molecule has 1 N–H and O–H groups in total. The molecule has 2 atom stereocenters. The van der Waals surface area contributed by atoms with Crippen LogP contribution in [-0.4, -0.2) is 25.8 Å². The molecule has 0 amide bonds. The fraction of sp³-hybridized carbons (Fsp3) is 1.00. The highest BCUT2D eigenvalue weighted by Crippen LogP contribution is 2.09. The van der Waals surface area contributed by atoms with Gasteiger partial charge in [-0.05, 0) is 25.3 Å². The van der Waals surface area contributed by atoms with Crippen molar-refractivity contribution in [1.82, 2.24) is 5.32 Å². The van der Waals surface area contributed by atoms with Gasteiger partial charge in [0.05, 0.1) is 6.61 Å². The molecule has 2 unspecified atom stereocenters. The van der Waals surface area contributed by atoms with Crippen LogP contribution in [0.4, 0.5) is 0 Å². The van der Waals surface area contributed by atoms with E-state index in [1.807, 2.05) is 0 Å². The van der Waals surface area contributed by atoms with Gasteiger partial charge in [-0.25, -0.2) is 0 Å². The molecule has 0 aromatic rings. The summed E-state index contributed by atoms with van der Waals surface area (Å²) in [6, 6.07) is 0.532. The molecule has 0 rings (SSSR count). The summed E-state index contributed by atoms with van der Waals surface area (Å²) in [5.41, 5.74) is 0. The van der Waals surface area contributed by atoms with Crippen LogP contribution in [0.2, 0.25) is 0 Å². The zero-order valence-electron chi connectivity index (χ0n) is 13.8. The van der Waals surface area contributed by atoms with E-state index in [1.54, 1.807) is 0 Å². The normalized spacial score (nSPS) is 14.5. The van der Waals surface area contributed by atoms with Gasteiger partial charge in [0.1, 0.15) is 0 Å². The van der Waals surface area contributed by atoms with Crippen molar-refractivity contribution in [2.75, 3.05) is 19.8 Å². The molecule has 0 spiro atoms. The first-order chi connectivity index (χ1) is 9.26. The van der Waals surface area contributed by atoms with E-state index < -0.39 is 0 Å². The van der Waals surface area contributed by atoms with Crippen LogP contribution in [0, 0.1) is 5.92 Å². The van der Waals surface area contributed by atoms with Crippen LogP contribution in [0.1, 0.15) is 79.1 Å². The van der Waals surface area contributed by atoms with E-state index in [0.29, 0.717) is 12.0 Å². The summed E-state index contributed by atoms with van der Waals surface area (Å²) in [5.74, 6) is 0.705. The maximum absolute atomic E-state index is 5.86. The highest BCUT2D eigenvalue weighted by Gasteiger charge is 2.14. The van der Waals surface area contributed by atoms with Gasteiger partial charge in [-0.2, -0.15) is 0 Å². The predicted octanol–water partition coefficient (Wildman–Crippen LogP) is 4.78. The first-order valence-corrected chi connectivity index (χ1v) is 8.57. The van der Waals surface area contributed by atoms with Crippen LogP contribution in [0.5, 0.6) is 0 Å². The monoisotopic (exact) mass is 271 g/mol. The van der Waals surface area contributed by atoms with Crippen LogP contribution in [0.3, 0.4) is 0 Å². The van der Waals surface area contributed by atoms with Crippen molar-refractivity contribution in [3.8, 4) is 0 Å². The fourth-order valence-corrected chi connectivity index (χ4v) is 2.23. The van der Waals surface area contributed by atoms with Gasteiger partial charge in [-0.1, -0.05) is 66.2 Å². The Morgan fingerprint density at radius 1 is 0.895 bits per heavy atom. The maximum Gasteiger partial charge on any atom is 0.0622 e. The second-order valence-electron chi connectivity index (χ2n) is 5.79. The predicted molar refractivity (Wildman–Crippen MR) is 85.7 cm³/mol. The van der Waals surface area contributed by atoms with Crippen molar-refractivity contribution >= 4 is 0 Å². The first kappa shape index (κ1) is 18.9. The summed E-state index contributed by atoms with van der Waals surface area (Å²) in [5, 5.41) is 3.61. The maximum atomic E-state index is 5.86. The Bertz CT molecular complexity index is 173. The first-order valence-electron chi connectivity index (χ1n) is 8.57. The van der Waals surface area contributed by atoms with Crippen LogP contribution >= 0.6 is 0 Å². The van der Waals surface area contributed by atoms with E-state index in [0.717, 1.165) is 19.8 Å². The lowest BCUT2D eigenvalue weighted by Crippen LogP contribution is -2.39. The second kappa shape index (κ2) is 14.3. The number of hydrogen-bond donors (Lipinski definition) is 1. The molecular weight excluding hydrogens is 234 g/mol. The Morgan fingerprint density at radius 2 is 1.58 bits per heavy atom. The van der Waals surface area contributed by atoms with E-state index in [-0.39, 0.29) is 0 Å². The molecule has 0 saturated heterocycles. The quantitative estimate of drug-likeness (QED) is 0.459. The lowest BCUT2D eigenvalue weighted by atomic mass is 10.00. The smallest absolute Gasteiger partial charge is 0.0622 e. The average molecular weight is 271 g/mol. The minimum atomic E-state index is 0.532. The van der Waals surface area contributed by atoms with Crippen molar-refractivity contribution in [3.05, 3.63) is 0 Å². The molecule has 2 heteroatoms. The number of nitrogens with one attached hydrogen (secondary N) is 1. The molecule has 0 aliphatic rings. The third-order valence-electron chi connectivity index (χ3n) is 3.93. The minimum absolute atomic E-state index is 0.532. The summed E-state index contributed by atoms with van der Waals surface area (Å²) in [4.78, 5) is 0. The summed E-state index contributed by atoms with van der Waals surface area (Å²) >= 11 is 0. The minimum Gasteiger partial charge on any atom is -0.380 e. The number of unbranched alkanes of at least 4 members (excludes halogenated alkanes) is 5. The topological polar surface area (TPSA) is 21.3 Å². The third kappa shape index (κ3) is 11.4. The lowest BCUT2D eigenvalue weighted by molar-refractivity contribution is 0.0917. The van der Waals surface area contributed by atoms with Gasteiger partial charge in [-0.15, -0.1) is 0 Å². The van der Waals surface area contributed by atoms with Crippen molar-refractivity contribution in [2.24, 2.45) is 5.92 Å². The average Bonchev–Trinajstić information content (AvgIpc) is 2.44. The highest BCUT2D eigenvalue weighted by molar-refractivity contribution is 4.71. The molecule has 0 aliphatic carbocycles. The second-order valence-corrected chi connectivity index (χ2v) is 5.79. The zero-order chi connectivity index (χ0) is 14.3. The van der Waals surface area contributed by atoms with E-state index in [9.17, 15) is 0 Å². The molecule has 0 radical (unpaired) electrons. The summed E-state index contributed by atoms with van der Waals surface area (Å²) in [6.45, 7) is 12.0. The Kier molecular flexibility index (Phi) is 14.3. The Hall–Kier alpha value is -0.0800. The lowest BCUT2D eigenvalue weighted by Gasteiger charge is -2.24. The number of hydrogen-bond acceptors (Lipinski definition) is 2. The van der Waals surface area contributed by atoms with Crippen LogP contribution in [0.25, 0.3) is 0 Å². The molecular formula is C17H37NO. The van der Waals surface area contributed by atoms with Crippen LogP contribution in [0.15, 0.2) is 0 Å². The molecule has 2 nitrogen and oxygen atoms in total. The Morgan fingerprint density at radius 3 is 2.21 bits per heavy atom. The highest BCUT2D eigenvalue weighted by atomic mass is 16.5. The standard InChI is InChI=1S/C17H37NO/c1-5-8-9-10-11-12-14-19-15-17(16(4)7-3)18-13-6-2/h16-18H,5-15H2,1-4H3. The molecule has 0 saturated carbocycles. The summed E-state index contributed by atoms with van der Waals surface area (Å²) < 4.78 is 5.86. The van der Waals surface area contributed by atoms with Gasteiger partial charge in [0.2, 0.25) is 0 Å². The molecule has 116 valence electrons. The molecule has 0 heterocycles. The SMILES string of the molecule is CCCCCCCCOCC(NCCC)C(C)CC. The number of ether oxygens (including phenoxy) is 1. The molecule has 0 aliphatic heterocycles. The molecule has 0 bridgehead atoms. The van der Waals surface area contributed by atoms with E-state index >= 15 is 0 Å². The van der Waals surface area contributed by atoms with E-state index in [1.165, 1.54) is 51.4 Å². The van der Waals surface area contributed by atoms with Gasteiger partial charge in [0.25, 0.3) is 0 Å². The molecule has 0 aromatic heterocycles. The van der Waals surface area contributed by atoms with Crippen molar-refractivity contribution in [3.63, 3.8) is 0 Å². The van der Waals surface area contributed by atoms with Crippen LogP contribution in [-0.2, 0) is 4.74 Å². The Labute approximate surface area is 121 Å². The largest absolute Gasteiger partial charge is 0.380 e. The van der Waals surface area contributed by atoms with Gasteiger partial charge >= 0.3 is 0 Å². The molecule has 0 aromatic carbocycles. The fourth-order valence-electron chi connectivity index (χ4n) is 2.23. The van der Waals surface area contributed by atoms with E-state index in [2.05, 4.69) is 33.0 Å². The summed E-state index contributed by atoms with van der Waals surface area (Å²) in [6.07, 6.45) is 10.5. The van der Waals surface area contributed by atoms with Crippen molar-refractivity contribution in [2.45, 2.75) is 85.1 Å². The molecule has 0 fully saturated rings. The molecule has 19 heavy (non-hydrogen) atoms. The Balaban J connectivity index is 3.52. The van der Waals surface area contributed by atoms with Gasteiger partial charge < -0.3 is 10.1 Å². The van der Waals surface area contributed by atoms with Gasteiger partial charge in [-0.3, -0.25) is 0 Å². The van der Waals surface area contributed by atoms with Crippen LogP contribution < -0.4 is 5.32 Å². The van der Waals surface area contributed by atoms with Crippen molar-refractivity contribution < 1.29 is 4.74 Å². The zero-order valence-corrected chi connectivity index (χ0v) is 13.8. The summed E-state index contributed by atoms with van der Waals surface area (Å²) in [7, 11) is 0. The van der Waals surface area contributed by atoms with Gasteiger partial charge in [0, 0.05) is 12.6 Å². The number of rotatable bonds is 14. The van der Waals surface area contributed by atoms with E-state index in [4.69, 9.17) is 4.74 Å². The van der Waals surface area contributed by atoms with Gasteiger partial charge in [0.15, 0.2) is 0 Å².